The fourth-order valence-electron chi connectivity index (χ4n) is 5.84. The molecule has 7 nitrogen and oxygen atoms in total. The van der Waals surface area contributed by atoms with Crippen molar-refractivity contribution in [3.8, 4) is 5.69 Å². The van der Waals surface area contributed by atoms with Gasteiger partial charge in [-0.25, -0.2) is 9.97 Å². The van der Waals surface area contributed by atoms with Crippen molar-refractivity contribution in [2.75, 3.05) is 18.0 Å². The van der Waals surface area contributed by atoms with Crippen LogP contribution in [0.2, 0.25) is 5.02 Å². The quantitative estimate of drug-likeness (QED) is 0.629. The van der Waals surface area contributed by atoms with Crippen LogP contribution in [0, 0.1) is 5.41 Å². The standard InChI is InChI=1S/C23H24ClN7/c24-17-1-4-19-15(7-17)10-29(18-2-3-18)11-21-27-28-22(31(19)21)16-8-23(9-16)12-30(13-23)20-5-6-25-14-26-20/h1,4-7,14,16,18H,2-3,8-13H2. The second kappa shape index (κ2) is 6.50. The number of benzene rings is 1. The molecule has 31 heavy (non-hydrogen) atoms. The molecular weight excluding hydrogens is 410 g/mol. The molecule has 0 bridgehead atoms. The molecule has 0 N–H and O–H groups in total. The third-order valence-electron chi connectivity index (χ3n) is 7.49. The zero-order valence-corrected chi connectivity index (χ0v) is 18.0. The molecule has 2 saturated carbocycles. The minimum Gasteiger partial charge on any atom is -0.355 e. The SMILES string of the molecule is Clc1ccc2c(c1)CN(C1CC1)Cc1nnc(C3CC4(C3)CN(c3ccncn3)C4)n1-2. The Morgan fingerprint density at radius 3 is 2.68 bits per heavy atom. The molecule has 1 aromatic carbocycles. The topological polar surface area (TPSA) is 63.0 Å². The molecule has 0 radical (unpaired) electrons. The first-order valence-corrected chi connectivity index (χ1v) is 11.5. The molecule has 3 fully saturated rings. The van der Waals surface area contributed by atoms with Gasteiger partial charge in [-0.3, -0.25) is 9.47 Å². The maximum Gasteiger partial charge on any atom is 0.151 e. The summed E-state index contributed by atoms with van der Waals surface area (Å²) in [5.41, 5.74) is 2.89. The molecule has 158 valence electrons. The van der Waals surface area contributed by atoms with Gasteiger partial charge in [0.25, 0.3) is 0 Å². The van der Waals surface area contributed by atoms with Crippen LogP contribution in [-0.2, 0) is 13.1 Å². The van der Waals surface area contributed by atoms with E-state index in [1.54, 1.807) is 6.33 Å². The van der Waals surface area contributed by atoms with Crippen LogP contribution < -0.4 is 4.90 Å². The van der Waals surface area contributed by atoms with E-state index in [9.17, 15) is 0 Å². The van der Waals surface area contributed by atoms with Gasteiger partial charge in [0, 0.05) is 48.2 Å². The number of rotatable bonds is 3. The van der Waals surface area contributed by atoms with E-state index in [0.29, 0.717) is 17.4 Å². The molecule has 0 atom stereocenters. The number of aromatic nitrogens is 5. The summed E-state index contributed by atoms with van der Waals surface area (Å²) in [5, 5.41) is 10.2. The van der Waals surface area contributed by atoms with Gasteiger partial charge in [-0.2, -0.15) is 0 Å². The van der Waals surface area contributed by atoms with Crippen molar-refractivity contribution in [1.82, 2.24) is 29.6 Å². The average molecular weight is 434 g/mol. The Balaban J connectivity index is 1.16. The van der Waals surface area contributed by atoms with Gasteiger partial charge in [0.2, 0.25) is 0 Å². The Morgan fingerprint density at radius 2 is 1.90 bits per heavy atom. The lowest BCUT2D eigenvalue weighted by molar-refractivity contribution is 0.0581. The summed E-state index contributed by atoms with van der Waals surface area (Å²) >= 11 is 6.37. The first kappa shape index (κ1) is 18.1. The molecule has 3 aromatic rings. The molecule has 0 unspecified atom stereocenters. The monoisotopic (exact) mass is 433 g/mol. The Morgan fingerprint density at radius 1 is 1.03 bits per heavy atom. The van der Waals surface area contributed by atoms with Crippen molar-refractivity contribution in [3.63, 3.8) is 0 Å². The van der Waals surface area contributed by atoms with Crippen LogP contribution in [0.5, 0.6) is 0 Å². The molecule has 7 rings (SSSR count). The first-order valence-electron chi connectivity index (χ1n) is 11.2. The van der Waals surface area contributed by atoms with Gasteiger partial charge in [-0.1, -0.05) is 11.6 Å². The number of fused-ring (bicyclic) bond motifs is 3. The molecule has 4 aliphatic rings. The van der Waals surface area contributed by atoms with E-state index in [2.05, 4.69) is 41.6 Å². The van der Waals surface area contributed by atoms with Gasteiger partial charge >= 0.3 is 0 Å². The van der Waals surface area contributed by atoms with E-state index in [1.165, 1.54) is 36.9 Å². The molecule has 2 aromatic heterocycles. The maximum absolute atomic E-state index is 6.37. The van der Waals surface area contributed by atoms with Crippen LogP contribution in [0.3, 0.4) is 0 Å². The Labute approximate surface area is 186 Å². The predicted octanol–water partition coefficient (Wildman–Crippen LogP) is 3.57. The fourth-order valence-corrected chi connectivity index (χ4v) is 6.03. The Hall–Kier alpha value is -2.51. The number of hydrogen-bond donors (Lipinski definition) is 0. The summed E-state index contributed by atoms with van der Waals surface area (Å²) in [6.07, 6.45) is 8.35. The Kier molecular flexibility index (Phi) is 3.79. The molecule has 8 heteroatoms. The van der Waals surface area contributed by atoms with E-state index in [4.69, 9.17) is 16.7 Å². The summed E-state index contributed by atoms with van der Waals surface area (Å²) in [6, 6.07) is 8.94. The summed E-state index contributed by atoms with van der Waals surface area (Å²) in [6.45, 7) is 3.95. The summed E-state index contributed by atoms with van der Waals surface area (Å²) in [5.74, 6) is 3.69. The van der Waals surface area contributed by atoms with Gasteiger partial charge in [0.1, 0.15) is 18.0 Å². The predicted molar refractivity (Wildman–Crippen MR) is 117 cm³/mol. The molecule has 0 amide bonds. The van der Waals surface area contributed by atoms with Crippen molar-refractivity contribution in [3.05, 3.63) is 59.0 Å². The van der Waals surface area contributed by atoms with Crippen LogP contribution in [0.25, 0.3) is 5.69 Å². The minimum absolute atomic E-state index is 0.398. The number of anilines is 1. The largest absolute Gasteiger partial charge is 0.355 e. The van der Waals surface area contributed by atoms with Crippen LogP contribution in [0.4, 0.5) is 5.82 Å². The smallest absolute Gasteiger partial charge is 0.151 e. The van der Waals surface area contributed by atoms with Gasteiger partial charge < -0.3 is 4.90 Å². The second-order valence-electron chi connectivity index (χ2n) is 9.75. The van der Waals surface area contributed by atoms with Crippen molar-refractivity contribution in [1.29, 1.82) is 0 Å². The third-order valence-corrected chi connectivity index (χ3v) is 7.72. The third kappa shape index (κ3) is 2.90. The van der Waals surface area contributed by atoms with E-state index < -0.39 is 0 Å². The van der Waals surface area contributed by atoms with Crippen molar-refractivity contribution in [2.24, 2.45) is 5.41 Å². The van der Waals surface area contributed by atoms with E-state index >= 15 is 0 Å². The summed E-state index contributed by atoms with van der Waals surface area (Å²) in [7, 11) is 0. The molecular formula is C23H24ClN7. The fraction of sp³-hybridized carbons (Fsp3) is 0.478. The number of nitrogens with zero attached hydrogens (tertiary/aromatic N) is 7. The highest BCUT2D eigenvalue weighted by Crippen LogP contribution is 2.56. The molecule has 1 spiro atoms. The molecule has 1 saturated heterocycles. The minimum atomic E-state index is 0.398. The Bertz CT molecular complexity index is 1140. The lowest BCUT2D eigenvalue weighted by atomic mass is 9.57. The van der Waals surface area contributed by atoms with Gasteiger partial charge in [0.15, 0.2) is 5.82 Å². The van der Waals surface area contributed by atoms with Crippen LogP contribution >= 0.6 is 11.6 Å². The average Bonchev–Trinajstić information content (AvgIpc) is 3.50. The highest BCUT2D eigenvalue weighted by atomic mass is 35.5. The first-order chi connectivity index (χ1) is 15.2. The zero-order valence-electron chi connectivity index (χ0n) is 17.3. The van der Waals surface area contributed by atoms with Gasteiger partial charge in [-0.15, -0.1) is 10.2 Å². The summed E-state index contributed by atoms with van der Waals surface area (Å²) in [4.78, 5) is 13.3. The summed E-state index contributed by atoms with van der Waals surface area (Å²) < 4.78 is 2.34. The zero-order chi connectivity index (χ0) is 20.6. The van der Waals surface area contributed by atoms with Crippen molar-refractivity contribution < 1.29 is 0 Å². The van der Waals surface area contributed by atoms with Crippen molar-refractivity contribution >= 4 is 17.4 Å². The lowest BCUT2D eigenvalue weighted by Gasteiger charge is -2.59. The van der Waals surface area contributed by atoms with E-state index in [1.807, 2.05) is 18.3 Å². The molecule has 4 heterocycles. The number of halogens is 1. The maximum atomic E-state index is 6.37. The molecule has 2 aliphatic carbocycles. The van der Waals surface area contributed by atoms with Gasteiger partial charge in [0.05, 0.1) is 12.2 Å². The number of hydrogen-bond acceptors (Lipinski definition) is 6. The highest BCUT2D eigenvalue weighted by Gasteiger charge is 2.54. The second-order valence-corrected chi connectivity index (χ2v) is 10.2. The van der Waals surface area contributed by atoms with Crippen LogP contribution in [0.1, 0.15) is 48.8 Å². The lowest BCUT2D eigenvalue weighted by Crippen LogP contribution is -2.62. The van der Waals surface area contributed by atoms with Crippen LogP contribution in [0.15, 0.2) is 36.8 Å². The molecule has 2 aliphatic heterocycles. The van der Waals surface area contributed by atoms with E-state index in [-0.39, 0.29) is 0 Å². The normalized spacial score (nSPS) is 22.4. The van der Waals surface area contributed by atoms with Crippen LogP contribution in [-0.4, -0.2) is 48.8 Å². The van der Waals surface area contributed by atoms with Gasteiger partial charge in [-0.05, 0) is 55.5 Å². The van der Waals surface area contributed by atoms with Crippen molar-refractivity contribution in [2.45, 2.75) is 50.7 Å². The highest BCUT2D eigenvalue weighted by molar-refractivity contribution is 6.30. The van der Waals surface area contributed by atoms with E-state index in [0.717, 1.165) is 48.7 Å².